The van der Waals surface area contributed by atoms with Gasteiger partial charge in [-0.25, -0.2) is 0 Å². The number of piperidine rings is 1. The number of aryl methyl sites for hydroxylation is 1. The topological polar surface area (TPSA) is 101 Å². The first kappa shape index (κ1) is 34.7. The van der Waals surface area contributed by atoms with Crippen LogP contribution in [0.3, 0.4) is 0 Å². The first-order chi connectivity index (χ1) is 24.0. The fraction of sp³-hybridized carbons (Fsp3) is 0.421. The Bertz CT molecular complexity index is 1870. The molecule has 4 aromatic rings. The quantitative estimate of drug-likeness (QED) is 0.137. The number of hydrogen-bond acceptors (Lipinski definition) is 6. The Balaban J connectivity index is 1.15. The molecule has 0 aliphatic carbocycles. The number of aromatic nitrogens is 3. The summed E-state index contributed by atoms with van der Waals surface area (Å²) in [5, 5.41) is 18.8. The second-order valence-electron chi connectivity index (χ2n) is 14.3. The molecule has 2 amide bonds. The number of fused-ring (bicyclic) bond motifs is 2. The summed E-state index contributed by atoms with van der Waals surface area (Å²) in [6.07, 6.45) is 4.23. The largest absolute Gasteiger partial charge is 0.395 e. The standard InChI is InChI=1S/C38H43BrFN5O4Si/c1-25-36(50(2,3)40)34(18-20-43-23-32(41-42-43)30(24-46)27-9-5-4-6-10-27)49-38(25)31-21-28(39)14-17-33(31)45(37(38)48)22-26-12-15-29(16-13-26)44-19-8-7-11-35(44)47/h4-6,9-10,12-17,21,23,25,30,34,36,46H,7-8,11,18-20,22,24H2,1-3H3/t25-,30?,34+,36-,38+/m0/s1. The van der Waals surface area contributed by atoms with E-state index in [2.05, 4.69) is 26.2 Å². The summed E-state index contributed by atoms with van der Waals surface area (Å²) in [5.41, 5.74) is 3.12. The highest BCUT2D eigenvalue weighted by Gasteiger charge is 2.66. The third-order valence-corrected chi connectivity index (χ3v) is 13.7. The number of halogens is 2. The number of benzene rings is 3. The molecule has 1 spiro atoms. The van der Waals surface area contributed by atoms with Gasteiger partial charge >= 0.3 is 0 Å². The molecule has 0 bridgehead atoms. The summed E-state index contributed by atoms with van der Waals surface area (Å²) in [5.74, 6) is -0.764. The molecule has 0 saturated carbocycles. The lowest BCUT2D eigenvalue weighted by Gasteiger charge is -2.31. The van der Waals surface area contributed by atoms with E-state index >= 15 is 4.11 Å². The lowest BCUT2D eigenvalue weighted by molar-refractivity contribution is -0.146. The molecule has 2 saturated heterocycles. The lowest BCUT2D eigenvalue weighted by atomic mass is 9.82. The van der Waals surface area contributed by atoms with Gasteiger partial charge < -0.3 is 23.8 Å². The van der Waals surface area contributed by atoms with Crippen molar-refractivity contribution in [2.24, 2.45) is 5.92 Å². The monoisotopic (exact) mass is 759 g/mol. The van der Waals surface area contributed by atoms with Gasteiger partial charge in [-0.1, -0.05) is 70.5 Å². The maximum atomic E-state index is 16.4. The van der Waals surface area contributed by atoms with Gasteiger partial charge in [-0.3, -0.25) is 14.3 Å². The van der Waals surface area contributed by atoms with Gasteiger partial charge in [0.25, 0.3) is 5.91 Å². The van der Waals surface area contributed by atoms with Crippen LogP contribution in [0.1, 0.15) is 60.9 Å². The number of amides is 2. The van der Waals surface area contributed by atoms with Crippen LogP contribution < -0.4 is 9.80 Å². The number of hydrogen-bond donors (Lipinski definition) is 1. The number of rotatable bonds is 10. The van der Waals surface area contributed by atoms with Crippen molar-refractivity contribution in [2.75, 3.05) is 23.0 Å². The number of aliphatic hydroxyl groups is 1. The highest BCUT2D eigenvalue weighted by atomic mass is 79.9. The molecular formula is C38H43BrFN5O4Si. The Morgan fingerprint density at radius 3 is 2.54 bits per heavy atom. The summed E-state index contributed by atoms with van der Waals surface area (Å²) in [6.45, 7) is 6.73. The third-order valence-electron chi connectivity index (χ3n) is 10.8. The van der Waals surface area contributed by atoms with E-state index < -0.39 is 31.6 Å². The van der Waals surface area contributed by atoms with Gasteiger partial charge in [-0.15, -0.1) is 5.10 Å². The molecule has 2 fully saturated rings. The molecule has 7 rings (SSSR count). The minimum atomic E-state index is -3.35. The molecule has 262 valence electrons. The molecule has 3 aliphatic rings. The molecule has 50 heavy (non-hydrogen) atoms. The van der Waals surface area contributed by atoms with E-state index in [-0.39, 0.29) is 24.3 Å². The Morgan fingerprint density at radius 1 is 1.08 bits per heavy atom. The van der Waals surface area contributed by atoms with Crippen LogP contribution in [0.25, 0.3) is 0 Å². The van der Waals surface area contributed by atoms with Gasteiger partial charge in [0, 0.05) is 52.9 Å². The summed E-state index contributed by atoms with van der Waals surface area (Å²) < 4.78 is 25.9. The Kier molecular flexibility index (Phi) is 9.57. The number of aliphatic hydroxyl groups excluding tert-OH is 1. The average molecular weight is 761 g/mol. The van der Waals surface area contributed by atoms with E-state index in [0.717, 1.165) is 45.4 Å². The Morgan fingerprint density at radius 2 is 1.84 bits per heavy atom. The van der Waals surface area contributed by atoms with Crippen LogP contribution in [0.5, 0.6) is 0 Å². The number of ether oxygens (including phenoxy) is 1. The molecule has 12 heteroatoms. The molecule has 1 unspecified atom stereocenters. The molecule has 0 radical (unpaired) electrons. The van der Waals surface area contributed by atoms with Crippen molar-refractivity contribution < 1.29 is 23.5 Å². The van der Waals surface area contributed by atoms with Gasteiger partial charge in [-0.2, -0.15) is 0 Å². The fourth-order valence-corrected chi connectivity index (χ4v) is 11.3. The van der Waals surface area contributed by atoms with Crippen molar-refractivity contribution in [1.82, 2.24) is 15.0 Å². The predicted octanol–water partition coefficient (Wildman–Crippen LogP) is 7.09. The molecule has 1 aromatic heterocycles. The summed E-state index contributed by atoms with van der Waals surface area (Å²) in [6, 6.07) is 23.3. The highest BCUT2D eigenvalue weighted by molar-refractivity contribution is 9.10. The first-order valence-electron chi connectivity index (χ1n) is 17.4. The van der Waals surface area contributed by atoms with Crippen LogP contribution in [-0.2, 0) is 33.0 Å². The van der Waals surface area contributed by atoms with Gasteiger partial charge in [0.05, 0.1) is 36.6 Å². The van der Waals surface area contributed by atoms with E-state index in [0.29, 0.717) is 38.2 Å². The Labute approximate surface area is 301 Å². The fourth-order valence-electron chi connectivity index (χ4n) is 8.39. The average Bonchev–Trinajstić information content (AvgIpc) is 3.75. The van der Waals surface area contributed by atoms with E-state index in [9.17, 15) is 14.7 Å². The van der Waals surface area contributed by atoms with E-state index in [1.165, 1.54) is 0 Å². The van der Waals surface area contributed by atoms with Crippen molar-refractivity contribution in [3.63, 3.8) is 0 Å². The lowest BCUT2D eigenvalue weighted by Crippen LogP contribution is -2.45. The molecular weight excluding hydrogens is 717 g/mol. The van der Waals surface area contributed by atoms with Crippen molar-refractivity contribution in [3.8, 4) is 0 Å². The smallest absolute Gasteiger partial charge is 0.264 e. The zero-order valence-electron chi connectivity index (χ0n) is 28.6. The van der Waals surface area contributed by atoms with Crippen molar-refractivity contribution in [3.05, 3.63) is 106 Å². The first-order valence-corrected chi connectivity index (χ1v) is 21.2. The van der Waals surface area contributed by atoms with Gasteiger partial charge in [0.2, 0.25) is 14.3 Å². The molecule has 4 heterocycles. The van der Waals surface area contributed by atoms with E-state index in [4.69, 9.17) is 4.74 Å². The predicted molar refractivity (Wildman–Crippen MR) is 196 cm³/mol. The van der Waals surface area contributed by atoms with Crippen LogP contribution in [0, 0.1) is 5.92 Å². The van der Waals surface area contributed by atoms with Crippen LogP contribution in [0.2, 0.25) is 18.6 Å². The molecule has 5 atom stereocenters. The van der Waals surface area contributed by atoms with Crippen molar-refractivity contribution in [1.29, 1.82) is 0 Å². The zero-order valence-corrected chi connectivity index (χ0v) is 31.2. The number of carbonyl (C=O) groups excluding carboxylic acids is 2. The highest BCUT2D eigenvalue weighted by Crippen LogP contribution is 2.60. The zero-order chi connectivity index (χ0) is 35.2. The second kappa shape index (κ2) is 13.8. The maximum Gasteiger partial charge on any atom is 0.264 e. The molecule has 9 nitrogen and oxygen atoms in total. The van der Waals surface area contributed by atoms with Crippen LogP contribution in [0.4, 0.5) is 15.5 Å². The third kappa shape index (κ3) is 6.24. The van der Waals surface area contributed by atoms with Crippen molar-refractivity contribution in [2.45, 2.75) is 82.0 Å². The molecule has 3 aromatic carbocycles. The van der Waals surface area contributed by atoms with Crippen LogP contribution in [0.15, 0.2) is 83.5 Å². The van der Waals surface area contributed by atoms with E-state index in [1.807, 2.05) is 90.8 Å². The minimum Gasteiger partial charge on any atom is -0.395 e. The SMILES string of the molecule is C[C@H]1[C@H]([Si](C)(C)F)[C@@H](CCn2cc(C(CO)c3ccccc3)nn2)O[C@]12C(=O)N(Cc1ccc(N3CCCCC3=O)cc1)c1ccc(Br)cc12. The van der Waals surface area contributed by atoms with Gasteiger partial charge in [-0.05, 0) is 73.8 Å². The maximum absolute atomic E-state index is 16.4. The summed E-state index contributed by atoms with van der Waals surface area (Å²) >= 11 is 3.62. The van der Waals surface area contributed by atoms with Crippen molar-refractivity contribution >= 4 is 47.5 Å². The van der Waals surface area contributed by atoms with E-state index in [1.54, 1.807) is 22.7 Å². The summed E-state index contributed by atoms with van der Waals surface area (Å²) in [7, 11) is -3.35. The normalized spacial score (nSPS) is 24.3. The molecule has 3 aliphatic heterocycles. The second-order valence-corrected chi connectivity index (χ2v) is 19.0. The minimum absolute atomic E-state index is 0.103. The number of carbonyl (C=O) groups is 2. The molecule has 1 N–H and O–H groups in total. The van der Waals surface area contributed by atoms with Crippen LogP contribution in [-0.4, -0.2) is 59.6 Å². The van der Waals surface area contributed by atoms with Crippen LogP contribution >= 0.6 is 15.9 Å². The summed E-state index contributed by atoms with van der Waals surface area (Å²) in [4.78, 5) is 30.9. The number of nitrogens with zero attached hydrogens (tertiary/aromatic N) is 5. The van der Waals surface area contributed by atoms with Gasteiger partial charge in [0.1, 0.15) is 0 Å². The Hall–Kier alpha value is -3.71. The van der Waals surface area contributed by atoms with Gasteiger partial charge in [0.15, 0.2) is 5.60 Å². The number of anilines is 2.